The Morgan fingerprint density at radius 1 is 0.466 bits per heavy atom. The summed E-state index contributed by atoms with van der Waals surface area (Å²) in [7, 11) is 0. The Morgan fingerprint density at radius 2 is 1.09 bits per heavy atom. The van der Waals surface area contributed by atoms with E-state index in [0.29, 0.717) is 5.95 Å². The Balaban J connectivity index is 0.00000201. The second-order valence-electron chi connectivity index (χ2n) is 14.2. The van der Waals surface area contributed by atoms with Crippen molar-refractivity contribution in [2.45, 2.75) is 13.8 Å². The Hall–Kier alpha value is -7.14. The lowest BCUT2D eigenvalue weighted by molar-refractivity contribution is 0.998. The Kier molecular flexibility index (Phi) is 8.77. The van der Waals surface area contributed by atoms with Crippen LogP contribution in [0.2, 0.25) is 0 Å². The second kappa shape index (κ2) is 14.4. The van der Waals surface area contributed by atoms with Gasteiger partial charge in [0.1, 0.15) is 0 Å². The van der Waals surface area contributed by atoms with Crippen LogP contribution < -0.4 is 0 Å². The van der Waals surface area contributed by atoms with Crippen LogP contribution in [-0.4, -0.2) is 14.5 Å². The summed E-state index contributed by atoms with van der Waals surface area (Å²) in [4.78, 5) is 10.9. The molecule has 0 radical (unpaired) electrons. The highest BCUT2D eigenvalue weighted by Gasteiger charge is 2.25. The molecule has 11 rings (SSSR count). The van der Waals surface area contributed by atoms with Crippen molar-refractivity contribution in [1.82, 2.24) is 14.5 Å². The van der Waals surface area contributed by atoms with Gasteiger partial charge in [-0.3, -0.25) is 4.57 Å². The zero-order valence-electron chi connectivity index (χ0n) is 32.4. The molecule has 58 heavy (non-hydrogen) atoms. The van der Waals surface area contributed by atoms with Crippen LogP contribution in [-0.2, 0) is 0 Å². The van der Waals surface area contributed by atoms with Gasteiger partial charge >= 0.3 is 0 Å². The van der Waals surface area contributed by atoms with E-state index in [0.717, 1.165) is 77.3 Å². The molecule has 0 aliphatic rings. The summed E-state index contributed by atoms with van der Waals surface area (Å²) in [5.74, 6) is 0.610. The van der Waals surface area contributed by atoms with E-state index in [2.05, 4.69) is 169 Å². The summed E-state index contributed by atoms with van der Waals surface area (Å²) in [6, 6.07) is 58.3. The van der Waals surface area contributed by atoms with Crippen molar-refractivity contribution in [3.05, 3.63) is 188 Å². The first-order valence-electron chi connectivity index (χ1n) is 19.8. The lowest BCUT2D eigenvalue weighted by Gasteiger charge is -2.15. The molecule has 0 aliphatic carbocycles. The molecule has 4 heteroatoms. The van der Waals surface area contributed by atoms with Crippen molar-refractivity contribution in [2.24, 2.45) is 0 Å². The Bertz CT molecular complexity index is 3330. The fourth-order valence-corrected chi connectivity index (χ4v) is 9.86. The van der Waals surface area contributed by atoms with E-state index < -0.39 is 0 Å². The molecule has 0 fully saturated rings. The molecule has 0 saturated heterocycles. The lowest BCUT2D eigenvalue weighted by atomic mass is 9.93. The maximum absolute atomic E-state index is 5.43. The smallest absolute Gasteiger partial charge is 0.235 e. The lowest BCUT2D eigenvalue weighted by Crippen LogP contribution is -2.05. The summed E-state index contributed by atoms with van der Waals surface area (Å²) in [6.45, 7) is 12.6. The molecule has 3 heterocycles. The van der Waals surface area contributed by atoms with Crippen LogP contribution >= 0.6 is 11.3 Å². The van der Waals surface area contributed by atoms with E-state index in [1.807, 2.05) is 49.5 Å². The summed E-state index contributed by atoms with van der Waals surface area (Å²) < 4.78 is 4.86. The van der Waals surface area contributed by atoms with Crippen LogP contribution in [0.1, 0.15) is 25.0 Å². The molecule has 0 saturated carbocycles. The number of benzene rings is 8. The molecule has 0 bridgehead atoms. The zero-order chi connectivity index (χ0) is 39.3. The van der Waals surface area contributed by atoms with Crippen LogP contribution in [0.3, 0.4) is 0 Å². The van der Waals surface area contributed by atoms with E-state index in [4.69, 9.17) is 9.97 Å². The van der Waals surface area contributed by atoms with E-state index in [9.17, 15) is 0 Å². The number of thiophene rings is 1. The molecule has 0 N–H and O–H groups in total. The normalized spacial score (nSPS) is 11.4. The van der Waals surface area contributed by atoms with Crippen LogP contribution in [0.4, 0.5) is 0 Å². The Morgan fingerprint density at radius 3 is 1.78 bits per heavy atom. The van der Waals surface area contributed by atoms with E-state index in [-0.39, 0.29) is 0 Å². The average molecular weight is 762 g/mol. The average Bonchev–Trinajstić information content (AvgIpc) is 3.86. The predicted molar refractivity (Wildman–Crippen MR) is 252 cm³/mol. The fraction of sp³-hybridized carbons (Fsp3) is 0.0370. The first-order chi connectivity index (χ1) is 28.7. The van der Waals surface area contributed by atoms with Crippen molar-refractivity contribution >= 4 is 87.0 Å². The summed E-state index contributed by atoms with van der Waals surface area (Å²) in [5, 5.41) is 9.57. The van der Waals surface area contributed by atoms with E-state index in [1.54, 1.807) is 0 Å². The maximum atomic E-state index is 5.43. The minimum Gasteiger partial charge on any atom is -0.277 e. The molecule has 0 amide bonds. The molecule has 8 aromatic carbocycles. The van der Waals surface area contributed by atoms with Gasteiger partial charge in [0, 0.05) is 53.0 Å². The second-order valence-corrected chi connectivity index (χ2v) is 15.3. The molecular formula is C54H39N3S. The van der Waals surface area contributed by atoms with Gasteiger partial charge < -0.3 is 0 Å². The predicted octanol–water partition coefficient (Wildman–Crippen LogP) is 15.6. The van der Waals surface area contributed by atoms with Crippen molar-refractivity contribution < 1.29 is 0 Å². The Labute approximate surface area is 341 Å². The number of nitrogens with zero attached hydrogens (tertiary/aromatic N) is 3. The van der Waals surface area contributed by atoms with Gasteiger partial charge in [-0.1, -0.05) is 185 Å². The third kappa shape index (κ3) is 5.48. The van der Waals surface area contributed by atoms with Crippen molar-refractivity contribution in [1.29, 1.82) is 0 Å². The largest absolute Gasteiger partial charge is 0.277 e. The van der Waals surface area contributed by atoms with Gasteiger partial charge in [0.15, 0.2) is 0 Å². The van der Waals surface area contributed by atoms with E-state index >= 15 is 0 Å². The zero-order valence-corrected chi connectivity index (χ0v) is 33.2. The van der Waals surface area contributed by atoms with Gasteiger partial charge in [-0.15, -0.1) is 11.3 Å². The maximum Gasteiger partial charge on any atom is 0.235 e. The molecule has 276 valence electrons. The van der Waals surface area contributed by atoms with Gasteiger partial charge in [0.25, 0.3) is 0 Å². The minimum absolute atomic E-state index is 0.610. The highest BCUT2D eigenvalue weighted by atomic mass is 32.1. The summed E-state index contributed by atoms with van der Waals surface area (Å²) in [5.41, 5.74) is 10.2. The molecule has 3 nitrogen and oxygen atoms in total. The van der Waals surface area contributed by atoms with Crippen LogP contribution in [0.15, 0.2) is 177 Å². The molecule has 0 spiro atoms. The van der Waals surface area contributed by atoms with Crippen LogP contribution in [0.5, 0.6) is 0 Å². The van der Waals surface area contributed by atoms with E-state index in [1.165, 1.54) is 30.9 Å². The van der Waals surface area contributed by atoms with Gasteiger partial charge in [-0.05, 0) is 51.0 Å². The van der Waals surface area contributed by atoms with Gasteiger partial charge in [-0.2, -0.15) is 0 Å². The van der Waals surface area contributed by atoms with Crippen LogP contribution in [0.25, 0.3) is 115 Å². The topological polar surface area (TPSA) is 30.7 Å². The minimum atomic E-state index is 0.610. The standard InChI is InChI=1S/C52H33N3S.C2H6/c1-3-36-37(4-2)49-43-25-15-24-39(35-26-28-42-47(30-35)56-46-29-27-32-16-11-12-21-38(32)48(42)46)50(43)55(51(49)41-23-14-13-22-40(36)41)52-53-44(33-17-7-5-8-18-33)31-45(54-52)34-19-9-6-10-20-34;1-2/h3-31H,1-2H2;1-2H3. The number of rotatable bonds is 6. The molecular weight excluding hydrogens is 723 g/mol. The first-order valence-corrected chi connectivity index (χ1v) is 20.6. The fourth-order valence-electron chi connectivity index (χ4n) is 8.70. The van der Waals surface area contributed by atoms with Gasteiger partial charge in [0.2, 0.25) is 5.95 Å². The third-order valence-electron chi connectivity index (χ3n) is 11.2. The van der Waals surface area contributed by atoms with Crippen LogP contribution in [0, 0.1) is 0 Å². The first kappa shape index (κ1) is 35.3. The number of hydrogen-bond acceptors (Lipinski definition) is 3. The number of fused-ring (bicyclic) bond motifs is 10. The highest BCUT2D eigenvalue weighted by Crippen LogP contribution is 2.46. The molecule has 0 aliphatic heterocycles. The number of hydrogen-bond donors (Lipinski definition) is 0. The highest BCUT2D eigenvalue weighted by molar-refractivity contribution is 7.26. The summed E-state index contributed by atoms with van der Waals surface area (Å²) >= 11 is 1.85. The quantitative estimate of drug-likeness (QED) is 0.169. The molecule has 0 atom stereocenters. The molecule has 11 aromatic rings. The van der Waals surface area contributed by atoms with Crippen molar-refractivity contribution in [3.63, 3.8) is 0 Å². The van der Waals surface area contributed by atoms with Gasteiger partial charge in [0.05, 0.1) is 22.4 Å². The SMILES string of the molecule is C=Cc1c(C=C)c2c3cccc(-c4ccc5c(c4)sc4ccc6ccccc6c45)c3n(-c3nc(-c4ccccc4)cc(-c4ccccc4)n3)c2c2ccccc12.CC. The third-order valence-corrected chi connectivity index (χ3v) is 12.3. The monoisotopic (exact) mass is 761 g/mol. The molecule has 0 unspecified atom stereocenters. The number of para-hydroxylation sites is 1. The van der Waals surface area contributed by atoms with Crippen molar-refractivity contribution in [3.8, 4) is 39.6 Å². The summed E-state index contributed by atoms with van der Waals surface area (Å²) in [6.07, 6.45) is 3.94. The number of aromatic nitrogens is 3. The molecule has 3 aromatic heterocycles. The van der Waals surface area contributed by atoms with Crippen molar-refractivity contribution in [2.75, 3.05) is 0 Å². The van der Waals surface area contributed by atoms with Gasteiger partial charge in [-0.25, -0.2) is 9.97 Å².